The van der Waals surface area contributed by atoms with Crippen LogP contribution >= 0.6 is 23.5 Å². The van der Waals surface area contributed by atoms with Crippen molar-refractivity contribution in [1.29, 1.82) is 0 Å². The van der Waals surface area contributed by atoms with Gasteiger partial charge in [-0.1, -0.05) is 23.0 Å². The molecule has 1 aliphatic rings. The zero-order valence-corrected chi connectivity index (χ0v) is 34.1. The molecule has 3 aromatic rings. The number of anilines is 1. The summed E-state index contributed by atoms with van der Waals surface area (Å²) in [4.78, 5) is 83.2. The van der Waals surface area contributed by atoms with Gasteiger partial charge in [0.25, 0.3) is 11.5 Å². The van der Waals surface area contributed by atoms with E-state index in [1.54, 1.807) is 25.2 Å². The van der Waals surface area contributed by atoms with Gasteiger partial charge < -0.3 is 64.8 Å². The zero-order valence-electron chi connectivity index (χ0n) is 31.4. The standard InChI is InChI=1S/C30H41N10O17P3/c1-33-10-11-35-28(42)19-4-2-6-21(14-19)53-18-24(38-39-32)52-13-12-51-17-23(41)34-9-3-5-20-15-40(27-26(20)29(43)37-30(31)36-27)25-8-7-22(55-25)16-54-59(47,48)57-60(49,50)56-58(44,45)46/h2,4,6,14-15,22,24-25,33H,7-13,16-18H2,1H3,(H,34,41)(H,35,42)(H,47,48)(H,49,50)(H2,44,45,46)(H3,31,36,37,43)/t22-,24?,25+/m0/s1. The third-order valence-electron chi connectivity index (χ3n) is 7.63. The number of nitrogens with two attached hydrogens (primary N) is 1. The van der Waals surface area contributed by atoms with Gasteiger partial charge in [-0.05, 0) is 43.6 Å². The normalized spacial score (nSPS) is 17.7. The monoisotopic (exact) mass is 906 g/mol. The first-order chi connectivity index (χ1) is 28.4. The lowest BCUT2D eigenvalue weighted by Gasteiger charge is -2.19. The van der Waals surface area contributed by atoms with Crippen LogP contribution in [-0.4, -0.2) is 118 Å². The number of ether oxygens (including phenoxy) is 4. The quantitative estimate of drug-likeness (QED) is 0.0156. The number of rotatable bonds is 23. The van der Waals surface area contributed by atoms with E-state index in [0.29, 0.717) is 24.4 Å². The number of phosphoric ester groups is 1. The summed E-state index contributed by atoms with van der Waals surface area (Å²) < 4.78 is 70.3. The summed E-state index contributed by atoms with van der Waals surface area (Å²) in [6.45, 7) is -0.467. The van der Waals surface area contributed by atoms with E-state index in [-0.39, 0.29) is 74.3 Å². The number of nitrogens with one attached hydrogen (secondary N) is 4. The van der Waals surface area contributed by atoms with Gasteiger partial charge in [-0.2, -0.15) is 13.6 Å². The van der Waals surface area contributed by atoms with Crippen LogP contribution in [0.15, 0.2) is 40.4 Å². The molecule has 2 amide bonds. The molecule has 3 unspecified atom stereocenters. The van der Waals surface area contributed by atoms with E-state index >= 15 is 0 Å². The molecule has 2 aromatic heterocycles. The van der Waals surface area contributed by atoms with Gasteiger partial charge in [0.1, 0.15) is 25.2 Å². The van der Waals surface area contributed by atoms with Crippen molar-refractivity contribution in [2.24, 2.45) is 5.11 Å². The number of azide groups is 1. The summed E-state index contributed by atoms with van der Waals surface area (Å²) in [6.07, 6.45) is -0.924. The second-order valence-corrected chi connectivity index (χ2v) is 16.6. The van der Waals surface area contributed by atoms with E-state index in [1.165, 1.54) is 16.8 Å². The summed E-state index contributed by atoms with van der Waals surface area (Å²) in [7, 11) is -14.9. The Hall–Kier alpha value is -4.70. The summed E-state index contributed by atoms with van der Waals surface area (Å²) in [6, 6.07) is 6.42. The lowest BCUT2D eigenvalue weighted by atomic mass is 10.2. The molecule has 1 aliphatic heterocycles. The second-order valence-electron chi connectivity index (χ2n) is 12.1. The molecule has 0 radical (unpaired) electrons. The highest BCUT2D eigenvalue weighted by atomic mass is 31.3. The number of likely N-dealkylation sites (N-methyl/N-ethyl adjacent to an activating group) is 1. The molecule has 4 rings (SSSR count). The molecule has 60 heavy (non-hydrogen) atoms. The first-order valence-electron chi connectivity index (χ1n) is 17.4. The van der Waals surface area contributed by atoms with Crippen LogP contribution in [0.5, 0.6) is 5.75 Å². The largest absolute Gasteiger partial charge is 0.491 e. The predicted octanol–water partition coefficient (Wildman–Crippen LogP) is 0.493. The number of fused-ring (bicyclic) bond motifs is 1. The fraction of sp³-hybridized carbons (Fsp3) is 0.467. The summed E-state index contributed by atoms with van der Waals surface area (Å²) in [5, 5.41) is 11.8. The Kier molecular flexibility index (Phi) is 17.8. The number of amides is 2. The number of hydrogen-bond acceptors (Lipinski definition) is 17. The maximum atomic E-state index is 12.9. The van der Waals surface area contributed by atoms with Crippen molar-refractivity contribution in [3.63, 3.8) is 0 Å². The number of H-pyrrole nitrogens is 1. The first kappa shape index (κ1) is 48.0. The predicted molar refractivity (Wildman–Crippen MR) is 206 cm³/mol. The van der Waals surface area contributed by atoms with Crippen LogP contribution in [-0.2, 0) is 45.8 Å². The van der Waals surface area contributed by atoms with Crippen LogP contribution in [0.4, 0.5) is 5.95 Å². The molecule has 0 spiro atoms. The molecule has 1 fully saturated rings. The van der Waals surface area contributed by atoms with Gasteiger partial charge in [-0.15, -0.1) is 0 Å². The molecule has 1 aromatic carbocycles. The number of carbonyl (C=O) groups is 2. The average molecular weight is 907 g/mol. The van der Waals surface area contributed by atoms with Gasteiger partial charge in [0.15, 0.2) is 11.9 Å². The minimum Gasteiger partial charge on any atom is -0.491 e. The number of hydrogen-bond donors (Lipinski definition) is 9. The fourth-order valence-corrected chi connectivity index (χ4v) is 8.24. The zero-order chi connectivity index (χ0) is 43.9. The Morgan fingerprint density at radius 2 is 1.93 bits per heavy atom. The van der Waals surface area contributed by atoms with Crippen LogP contribution in [0.3, 0.4) is 0 Å². The topological polar surface area (TPSA) is 392 Å². The minimum absolute atomic E-state index is 0.0350. The van der Waals surface area contributed by atoms with Crippen molar-refractivity contribution in [2.45, 2.75) is 31.4 Å². The van der Waals surface area contributed by atoms with Crippen LogP contribution in [0.2, 0.25) is 0 Å². The van der Waals surface area contributed by atoms with E-state index in [0.717, 1.165) is 0 Å². The molecule has 0 aliphatic carbocycles. The van der Waals surface area contributed by atoms with Gasteiger partial charge in [0.05, 0.1) is 43.4 Å². The Morgan fingerprint density at radius 1 is 1.15 bits per heavy atom. The first-order valence-corrected chi connectivity index (χ1v) is 21.9. The highest BCUT2D eigenvalue weighted by Gasteiger charge is 2.41. The number of nitrogens with zero attached hydrogens (tertiary/aromatic N) is 5. The molecule has 5 atom stereocenters. The van der Waals surface area contributed by atoms with Crippen molar-refractivity contribution in [2.75, 3.05) is 65.5 Å². The maximum Gasteiger partial charge on any atom is 0.490 e. The van der Waals surface area contributed by atoms with Crippen molar-refractivity contribution in [3.8, 4) is 17.6 Å². The molecule has 1 saturated heterocycles. The van der Waals surface area contributed by atoms with Crippen LogP contribution in [0.25, 0.3) is 21.5 Å². The van der Waals surface area contributed by atoms with Crippen molar-refractivity contribution >= 4 is 52.3 Å². The minimum atomic E-state index is -5.71. The van der Waals surface area contributed by atoms with Gasteiger partial charge >= 0.3 is 23.5 Å². The molecular weight excluding hydrogens is 865 g/mol. The highest BCUT2D eigenvalue weighted by molar-refractivity contribution is 7.66. The lowest BCUT2D eigenvalue weighted by molar-refractivity contribution is -0.126. The van der Waals surface area contributed by atoms with Crippen LogP contribution < -0.4 is 32.0 Å². The van der Waals surface area contributed by atoms with Gasteiger partial charge in [-0.3, -0.25) is 23.9 Å². The molecule has 0 saturated carbocycles. The molecule has 3 heterocycles. The van der Waals surface area contributed by atoms with E-state index in [4.69, 9.17) is 40.0 Å². The van der Waals surface area contributed by atoms with E-state index < -0.39 is 60.1 Å². The van der Waals surface area contributed by atoms with Gasteiger partial charge in [-0.25, -0.2) is 13.7 Å². The van der Waals surface area contributed by atoms with E-state index in [9.17, 15) is 37.9 Å². The SMILES string of the molecule is CNCCNC(=O)c1cccc(OCC(N=[N+]=[N-])OCCOCC(=O)NCC#Cc2cn([C@H]3CC[C@@H](COP(=O)(O)OP(=O)(O)OP(=O)(O)O)O3)c3nc(N)[nH]c(=O)c23)c1. The molecule has 0 bridgehead atoms. The average Bonchev–Trinajstić information content (AvgIpc) is 3.78. The van der Waals surface area contributed by atoms with Gasteiger partial charge in [0.2, 0.25) is 11.9 Å². The molecule has 10 N–H and O–H groups in total. The number of phosphoric acid groups is 3. The second kappa shape index (κ2) is 22.2. The van der Waals surface area contributed by atoms with Crippen LogP contribution in [0.1, 0.15) is 35.0 Å². The Balaban J connectivity index is 1.24. The smallest absolute Gasteiger partial charge is 0.490 e. The third kappa shape index (κ3) is 15.7. The fourth-order valence-electron chi connectivity index (χ4n) is 5.19. The van der Waals surface area contributed by atoms with Gasteiger partial charge in [0, 0.05) is 29.8 Å². The van der Waals surface area contributed by atoms with Crippen LogP contribution in [0, 0.1) is 11.8 Å². The summed E-state index contributed by atoms with van der Waals surface area (Å²) >= 11 is 0. The highest BCUT2D eigenvalue weighted by Crippen LogP contribution is 2.66. The third-order valence-corrected chi connectivity index (χ3v) is 11.4. The van der Waals surface area contributed by atoms with Crippen molar-refractivity contribution in [1.82, 2.24) is 30.5 Å². The van der Waals surface area contributed by atoms with Crippen molar-refractivity contribution < 1.29 is 75.0 Å². The number of aromatic amines is 1. The molecule has 27 nitrogen and oxygen atoms in total. The summed E-state index contributed by atoms with van der Waals surface area (Å²) in [5.41, 5.74) is 14.7. The summed E-state index contributed by atoms with van der Waals surface area (Å²) in [5.74, 6) is 4.80. The Bertz CT molecular complexity index is 2300. The molecule has 328 valence electrons. The number of aromatic nitrogens is 3. The number of nitrogen functional groups attached to an aromatic ring is 1. The Labute approximate surface area is 339 Å². The van der Waals surface area contributed by atoms with E-state index in [1.807, 2.05) is 0 Å². The number of carbonyl (C=O) groups excluding carboxylic acids is 2. The number of benzene rings is 1. The van der Waals surface area contributed by atoms with Crippen molar-refractivity contribution in [3.05, 3.63) is 62.4 Å². The lowest BCUT2D eigenvalue weighted by Crippen LogP contribution is -2.30. The molecular formula is C30H41N10O17P3. The van der Waals surface area contributed by atoms with E-state index in [2.05, 4.69) is 60.9 Å². The maximum absolute atomic E-state index is 12.9. The molecule has 30 heteroatoms. The Morgan fingerprint density at radius 3 is 2.67 bits per heavy atom.